The summed E-state index contributed by atoms with van der Waals surface area (Å²) < 4.78 is 38.6. The largest absolute Gasteiger partial charge is 0.416 e. The fraction of sp³-hybridized carbons (Fsp3) is 0.588. The van der Waals surface area contributed by atoms with Crippen LogP contribution in [-0.4, -0.2) is 30.4 Å². The summed E-state index contributed by atoms with van der Waals surface area (Å²) in [4.78, 5) is 14.4. The summed E-state index contributed by atoms with van der Waals surface area (Å²) in [5, 5.41) is 3.20. The standard InChI is InChI=1S/C17H21F3N2O/c1-21-15-5-3-12(9-15)16(23)22-7-6-11-2-4-14(17(18,19)20)8-13(11)10-22/h2,4,8,12,15,21H,3,5-7,9-10H2,1H3. The number of carbonyl (C=O) groups excluding carboxylic acids is 1. The Hall–Kier alpha value is -1.56. The average Bonchev–Trinajstić information content (AvgIpc) is 3.01. The van der Waals surface area contributed by atoms with Crippen LogP contribution in [0.2, 0.25) is 0 Å². The van der Waals surface area contributed by atoms with E-state index in [1.807, 2.05) is 7.05 Å². The molecule has 6 heteroatoms. The Morgan fingerprint density at radius 1 is 1.26 bits per heavy atom. The van der Waals surface area contributed by atoms with Crippen LogP contribution in [0.25, 0.3) is 0 Å². The second-order valence-electron chi connectivity index (χ2n) is 6.49. The highest BCUT2D eigenvalue weighted by Gasteiger charge is 2.35. The lowest BCUT2D eigenvalue weighted by atomic mass is 9.95. The van der Waals surface area contributed by atoms with Gasteiger partial charge in [0, 0.05) is 25.0 Å². The molecule has 1 saturated carbocycles. The minimum Gasteiger partial charge on any atom is -0.338 e. The number of fused-ring (bicyclic) bond motifs is 1. The van der Waals surface area contributed by atoms with Crippen molar-refractivity contribution in [1.82, 2.24) is 10.2 Å². The van der Waals surface area contributed by atoms with E-state index in [2.05, 4.69) is 5.32 Å². The molecule has 2 unspecified atom stereocenters. The number of carbonyl (C=O) groups is 1. The van der Waals surface area contributed by atoms with Crippen molar-refractivity contribution in [2.24, 2.45) is 5.92 Å². The number of benzene rings is 1. The van der Waals surface area contributed by atoms with Gasteiger partial charge in [-0.25, -0.2) is 0 Å². The molecule has 3 nitrogen and oxygen atoms in total. The maximum absolute atomic E-state index is 12.9. The zero-order valence-electron chi connectivity index (χ0n) is 13.1. The van der Waals surface area contributed by atoms with Crippen molar-refractivity contribution >= 4 is 5.91 Å². The third-order valence-corrected chi connectivity index (χ3v) is 5.05. The van der Waals surface area contributed by atoms with Gasteiger partial charge >= 0.3 is 6.18 Å². The van der Waals surface area contributed by atoms with E-state index in [0.717, 1.165) is 30.9 Å². The summed E-state index contributed by atoms with van der Waals surface area (Å²) in [6.07, 6.45) is -1.05. The van der Waals surface area contributed by atoms with Crippen molar-refractivity contribution in [3.8, 4) is 0 Å². The van der Waals surface area contributed by atoms with Crippen molar-refractivity contribution in [3.05, 3.63) is 34.9 Å². The van der Waals surface area contributed by atoms with Crippen LogP contribution >= 0.6 is 0 Å². The van der Waals surface area contributed by atoms with Gasteiger partial charge in [-0.2, -0.15) is 13.2 Å². The summed E-state index contributed by atoms with van der Waals surface area (Å²) in [6, 6.07) is 4.25. The van der Waals surface area contributed by atoms with Crippen molar-refractivity contribution in [2.45, 2.75) is 44.4 Å². The first kappa shape index (κ1) is 16.3. The molecule has 1 aliphatic heterocycles. The monoisotopic (exact) mass is 326 g/mol. The molecule has 2 aliphatic rings. The zero-order valence-corrected chi connectivity index (χ0v) is 13.1. The fourth-order valence-electron chi connectivity index (χ4n) is 3.65. The van der Waals surface area contributed by atoms with Crippen LogP contribution in [0.1, 0.15) is 36.0 Å². The van der Waals surface area contributed by atoms with Gasteiger partial charge in [-0.05, 0) is 56.0 Å². The van der Waals surface area contributed by atoms with Crippen LogP contribution in [0.5, 0.6) is 0 Å². The Kier molecular flexibility index (Phi) is 4.36. The number of alkyl halides is 3. The average molecular weight is 326 g/mol. The number of hydrogen-bond acceptors (Lipinski definition) is 2. The van der Waals surface area contributed by atoms with E-state index in [1.165, 1.54) is 6.07 Å². The van der Waals surface area contributed by atoms with E-state index >= 15 is 0 Å². The Morgan fingerprint density at radius 3 is 2.70 bits per heavy atom. The molecule has 1 aromatic carbocycles. The second-order valence-corrected chi connectivity index (χ2v) is 6.49. The minimum atomic E-state index is -4.34. The summed E-state index contributed by atoms with van der Waals surface area (Å²) in [5.41, 5.74) is 0.908. The molecule has 126 valence electrons. The Balaban J connectivity index is 1.73. The molecule has 1 aromatic rings. The van der Waals surface area contributed by atoms with Gasteiger partial charge in [0.15, 0.2) is 0 Å². The number of nitrogens with one attached hydrogen (secondary N) is 1. The van der Waals surface area contributed by atoms with Gasteiger partial charge in [0.05, 0.1) is 5.56 Å². The molecule has 0 aromatic heterocycles. The lowest BCUT2D eigenvalue weighted by Crippen LogP contribution is -2.39. The first-order valence-electron chi connectivity index (χ1n) is 8.03. The number of nitrogens with zero attached hydrogens (tertiary/aromatic N) is 1. The van der Waals surface area contributed by atoms with Crippen LogP contribution in [0.15, 0.2) is 18.2 Å². The SMILES string of the molecule is CNC1CCC(C(=O)N2CCc3ccc(C(F)(F)F)cc3C2)C1. The molecule has 1 aliphatic carbocycles. The zero-order chi connectivity index (χ0) is 16.6. The predicted molar refractivity (Wildman–Crippen MR) is 80.8 cm³/mol. The third-order valence-electron chi connectivity index (χ3n) is 5.05. The highest BCUT2D eigenvalue weighted by Crippen LogP contribution is 2.33. The lowest BCUT2D eigenvalue weighted by molar-refractivity contribution is -0.137. The molecule has 3 rings (SSSR count). The van der Waals surface area contributed by atoms with Crippen LogP contribution in [0.4, 0.5) is 13.2 Å². The first-order valence-corrected chi connectivity index (χ1v) is 8.03. The van der Waals surface area contributed by atoms with Crippen LogP contribution in [-0.2, 0) is 23.9 Å². The van der Waals surface area contributed by atoms with Crippen molar-refractivity contribution in [3.63, 3.8) is 0 Å². The second kappa shape index (κ2) is 6.15. The highest BCUT2D eigenvalue weighted by atomic mass is 19.4. The normalized spacial score (nSPS) is 24.6. The number of hydrogen-bond donors (Lipinski definition) is 1. The van der Waals surface area contributed by atoms with Gasteiger partial charge in [0.1, 0.15) is 0 Å². The number of rotatable bonds is 2. The molecular weight excluding hydrogens is 305 g/mol. The number of amides is 1. The molecule has 0 bridgehead atoms. The molecule has 1 amide bonds. The highest BCUT2D eigenvalue weighted by molar-refractivity contribution is 5.79. The van der Waals surface area contributed by atoms with Crippen molar-refractivity contribution in [1.29, 1.82) is 0 Å². The molecule has 0 radical (unpaired) electrons. The van der Waals surface area contributed by atoms with Gasteiger partial charge in [-0.3, -0.25) is 4.79 Å². The smallest absolute Gasteiger partial charge is 0.338 e. The maximum atomic E-state index is 12.9. The predicted octanol–water partition coefficient (Wildman–Crippen LogP) is 2.98. The van der Waals surface area contributed by atoms with E-state index in [4.69, 9.17) is 0 Å². The van der Waals surface area contributed by atoms with Crippen molar-refractivity contribution < 1.29 is 18.0 Å². The fourth-order valence-corrected chi connectivity index (χ4v) is 3.65. The number of halogens is 3. The Bertz CT molecular complexity index is 600. The lowest BCUT2D eigenvalue weighted by Gasteiger charge is -2.31. The van der Waals surface area contributed by atoms with E-state index < -0.39 is 11.7 Å². The minimum absolute atomic E-state index is 0.000186. The molecule has 1 heterocycles. The molecule has 1 fully saturated rings. The van der Waals surface area contributed by atoms with E-state index in [0.29, 0.717) is 31.1 Å². The topological polar surface area (TPSA) is 32.3 Å². The molecule has 2 atom stereocenters. The van der Waals surface area contributed by atoms with Crippen molar-refractivity contribution in [2.75, 3.05) is 13.6 Å². The van der Waals surface area contributed by atoms with E-state index in [1.54, 1.807) is 11.0 Å². The first-order chi connectivity index (χ1) is 10.9. The molecule has 1 N–H and O–H groups in total. The Labute approximate surface area is 133 Å². The van der Waals surface area contributed by atoms with Crippen LogP contribution in [0.3, 0.4) is 0 Å². The van der Waals surface area contributed by atoms with Gasteiger partial charge in [-0.1, -0.05) is 6.07 Å². The van der Waals surface area contributed by atoms with Gasteiger partial charge in [-0.15, -0.1) is 0 Å². The quantitative estimate of drug-likeness (QED) is 0.906. The van der Waals surface area contributed by atoms with Crippen LogP contribution in [0, 0.1) is 5.92 Å². The van der Waals surface area contributed by atoms with Gasteiger partial charge in [0.25, 0.3) is 0 Å². The Morgan fingerprint density at radius 2 is 2.04 bits per heavy atom. The summed E-state index contributed by atoms with van der Waals surface area (Å²) in [6.45, 7) is 0.886. The summed E-state index contributed by atoms with van der Waals surface area (Å²) >= 11 is 0. The van der Waals surface area contributed by atoms with Crippen LogP contribution < -0.4 is 5.32 Å². The molecular formula is C17H21F3N2O. The molecule has 0 spiro atoms. The third kappa shape index (κ3) is 3.37. The molecule has 0 saturated heterocycles. The summed E-state index contributed by atoms with van der Waals surface area (Å²) in [5.74, 6) is 0.0885. The van der Waals surface area contributed by atoms with Gasteiger partial charge < -0.3 is 10.2 Å². The summed E-state index contributed by atoms with van der Waals surface area (Å²) in [7, 11) is 1.90. The van der Waals surface area contributed by atoms with E-state index in [-0.39, 0.29) is 11.8 Å². The van der Waals surface area contributed by atoms with Gasteiger partial charge in [0.2, 0.25) is 5.91 Å². The maximum Gasteiger partial charge on any atom is 0.416 e. The molecule has 23 heavy (non-hydrogen) atoms. The van der Waals surface area contributed by atoms with E-state index in [9.17, 15) is 18.0 Å².